The number of amides is 3. The Hall–Kier alpha value is -6.12. The molecule has 4 aromatic rings. The van der Waals surface area contributed by atoms with Crippen LogP contribution in [0.4, 0.5) is 9.59 Å². The molecule has 328 valence electrons. The molecule has 1 spiro atoms. The Morgan fingerprint density at radius 1 is 0.774 bits per heavy atom. The van der Waals surface area contributed by atoms with Crippen molar-refractivity contribution in [1.82, 2.24) is 16.0 Å². The number of benzene rings is 4. The van der Waals surface area contributed by atoms with Crippen LogP contribution in [0.5, 0.6) is 11.5 Å². The molecule has 14 heteroatoms. The van der Waals surface area contributed by atoms with E-state index in [0.717, 1.165) is 22.3 Å². The van der Waals surface area contributed by atoms with E-state index >= 15 is 0 Å². The third-order valence-electron chi connectivity index (χ3n) is 11.2. The van der Waals surface area contributed by atoms with Gasteiger partial charge in [-0.25, -0.2) is 14.4 Å². The molecule has 62 heavy (non-hydrogen) atoms. The number of carbonyl (C=O) groups is 4. The number of carbonyl (C=O) groups excluding carboxylic acids is 4. The maximum absolute atomic E-state index is 13.4. The fourth-order valence-corrected chi connectivity index (χ4v) is 8.23. The molecule has 0 aromatic heterocycles. The van der Waals surface area contributed by atoms with Crippen molar-refractivity contribution in [3.8, 4) is 11.5 Å². The number of rotatable bonds is 17. The molecule has 2 saturated heterocycles. The van der Waals surface area contributed by atoms with Crippen LogP contribution in [0.3, 0.4) is 0 Å². The third kappa shape index (κ3) is 12.5. The molecular formula is C48H55N3O11. The van der Waals surface area contributed by atoms with E-state index in [-0.39, 0.29) is 64.1 Å². The summed E-state index contributed by atoms with van der Waals surface area (Å²) in [7, 11) is 0. The number of ether oxygens (including phenoxy) is 7. The van der Waals surface area contributed by atoms with Crippen LogP contribution in [0.1, 0.15) is 80.0 Å². The van der Waals surface area contributed by atoms with Crippen LogP contribution < -0.4 is 25.4 Å². The lowest BCUT2D eigenvalue weighted by atomic mass is 9.90. The van der Waals surface area contributed by atoms with Crippen molar-refractivity contribution in [3.05, 3.63) is 131 Å². The van der Waals surface area contributed by atoms with E-state index in [1.54, 1.807) is 13.0 Å². The third-order valence-corrected chi connectivity index (χ3v) is 11.2. The summed E-state index contributed by atoms with van der Waals surface area (Å²) in [4.78, 5) is 52.6. The normalized spacial score (nSPS) is 20.8. The van der Waals surface area contributed by atoms with Crippen molar-refractivity contribution in [2.75, 3.05) is 26.6 Å². The second-order valence-electron chi connectivity index (χ2n) is 15.7. The van der Waals surface area contributed by atoms with Crippen molar-refractivity contribution < 1.29 is 52.3 Å². The minimum Gasteiger partial charge on any atom is -0.464 e. The molecule has 5 atom stereocenters. The Labute approximate surface area is 361 Å². The van der Waals surface area contributed by atoms with Gasteiger partial charge in [-0.15, -0.1) is 0 Å². The molecule has 3 aliphatic heterocycles. The topological polar surface area (TPSA) is 169 Å². The number of hydrogen-bond acceptors (Lipinski definition) is 11. The first-order valence-corrected chi connectivity index (χ1v) is 21.4. The number of nitrogens with one attached hydrogen (secondary N) is 3. The van der Waals surface area contributed by atoms with E-state index in [1.165, 1.54) is 0 Å². The average molecular weight is 850 g/mol. The van der Waals surface area contributed by atoms with Crippen LogP contribution in [0.2, 0.25) is 0 Å². The fraction of sp³-hybridized carbons (Fsp3) is 0.417. The van der Waals surface area contributed by atoms with E-state index in [1.807, 2.05) is 103 Å². The van der Waals surface area contributed by atoms with Gasteiger partial charge in [0.25, 0.3) is 0 Å². The fourth-order valence-electron chi connectivity index (χ4n) is 8.23. The van der Waals surface area contributed by atoms with Gasteiger partial charge in [-0.05, 0) is 60.6 Å². The van der Waals surface area contributed by atoms with Crippen LogP contribution in [0, 0.1) is 0 Å². The lowest BCUT2D eigenvalue weighted by Crippen LogP contribution is -2.54. The molecule has 0 aliphatic carbocycles. The molecule has 3 aliphatic rings. The monoisotopic (exact) mass is 849 g/mol. The van der Waals surface area contributed by atoms with Gasteiger partial charge in [0.15, 0.2) is 17.3 Å². The van der Waals surface area contributed by atoms with E-state index in [4.69, 9.17) is 33.2 Å². The van der Waals surface area contributed by atoms with E-state index in [2.05, 4.69) is 16.0 Å². The van der Waals surface area contributed by atoms with Gasteiger partial charge in [-0.3, -0.25) is 4.79 Å². The van der Waals surface area contributed by atoms with Crippen LogP contribution in [0.15, 0.2) is 109 Å². The molecule has 7 rings (SSSR count). The van der Waals surface area contributed by atoms with Crippen molar-refractivity contribution in [3.63, 3.8) is 0 Å². The summed E-state index contributed by atoms with van der Waals surface area (Å²) in [5.41, 5.74) is 3.84. The SMILES string of the molecule is CCOC(=O)[C@H](Cc1ccccc1)NC(=O)CCC1CC(OC(=O)NCc2ccc3c(c2)OCO3)CC2(CCCC(COC(=O)NCC(c3ccccc3)c3ccccc3)O2)O1. The molecular weight excluding hydrogens is 795 g/mol. The quantitative estimate of drug-likeness (QED) is 0.0733. The minimum absolute atomic E-state index is 0.0104. The summed E-state index contributed by atoms with van der Waals surface area (Å²) < 4.78 is 41.1. The smallest absolute Gasteiger partial charge is 0.407 e. The van der Waals surface area contributed by atoms with Gasteiger partial charge < -0.3 is 49.1 Å². The molecule has 3 amide bonds. The first-order valence-electron chi connectivity index (χ1n) is 21.4. The summed E-state index contributed by atoms with van der Waals surface area (Å²) in [5.74, 6) is -0.824. The summed E-state index contributed by atoms with van der Waals surface area (Å²) in [6, 6.07) is 34.0. The number of esters is 1. The molecule has 0 saturated carbocycles. The van der Waals surface area contributed by atoms with Gasteiger partial charge in [0.2, 0.25) is 12.7 Å². The maximum atomic E-state index is 13.4. The summed E-state index contributed by atoms with van der Waals surface area (Å²) >= 11 is 0. The predicted molar refractivity (Wildman–Crippen MR) is 227 cm³/mol. The zero-order valence-electron chi connectivity index (χ0n) is 35.0. The Balaban J connectivity index is 0.972. The van der Waals surface area contributed by atoms with Crippen molar-refractivity contribution in [2.24, 2.45) is 0 Å². The standard InChI is InChI=1S/C48H55N3O11/c1-2-56-45(53)41(25-33-13-6-3-7-14-33)51-44(52)23-21-37-27-39(60-47(55)49-29-34-20-22-42-43(26-34)59-32-58-42)28-48(61-37)24-12-19-38(62-48)31-57-46(54)50-30-40(35-15-8-4-9-16-35)36-17-10-5-11-18-36/h3-11,13-18,20,22,26,37-41H,2,12,19,21,23-25,27-32H2,1H3,(H,49,55)(H,50,54)(H,51,52)/t37?,38?,39?,41-,48?/m0/s1. The van der Waals surface area contributed by atoms with Gasteiger partial charge in [-0.2, -0.15) is 0 Å². The average Bonchev–Trinajstić information content (AvgIpc) is 3.76. The summed E-state index contributed by atoms with van der Waals surface area (Å²) in [6.07, 6.45) is 0.165. The Bertz CT molecular complexity index is 2050. The zero-order chi connectivity index (χ0) is 43.2. The number of hydrogen-bond donors (Lipinski definition) is 3. The van der Waals surface area contributed by atoms with Gasteiger partial charge in [0.1, 0.15) is 18.8 Å². The maximum Gasteiger partial charge on any atom is 0.407 e. The van der Waals surface area contributed by atoms with Crippen molar-refractivity contribution in [2.45, 2.75) is 101 Å². The van der Waals surface area contributed by atoms with Crippen molar-refractivity contribution in [1.29, 1.82) is 0 Å². The van der Waals surface area contributed by atoms with E-state index < -0.39 is 48.3 Å². The molecule has 3 heterocycles. The van der Waals surface area contributed by atoms with Gasteiger partial charge in [0.05, 0.1) is 18.8 Å². The van der Waals surface area contributed by atoms with Gasteiger partial charge >= 0.3 is 18.2 Å². The highest BCUT2D eigenvalue weighted by molar-refractivity contribution is 5.84. The first kappa shape index (κ1) is 44.0. The van der Waals surface area contributed by atoms with Gasteiger partial charge in [-0.1, -0.05) is 97.1 Å². The highest BCUT2D eigenvalue weighted by atomic mass is 16.7. The summed E-state index contributed by atoms with van der Waals surface area (Å²) in [6.45, 7) is 2.58. The molecule has 2 fully saturated rings. The van der Waals surface area contributed by atoms with Crippen LogP contribution >= 0.6 is 0 Å². The largest absolute Gasteiger partial charge is 0.464 e. The van der Waals surface area contributed by atoms with Gasteiger partial charge in [0, 0.05) is 51.1 Å². The molecule has 0 bridgehead atoms. The highest BCUT2D eigenvalue weighted by Gasteiger charge is 2.47. The molecule has 3 N–H and O–H groups in total. The van der Waals surface area contributed by atoms with Crippen molar-refractivity contribution >= 4 is 24.1 Å². The van der Waals surface area contributed by atoms with Crippen LogP contribution in [0.25, 0.3) is 0 Å². The molecule has 4 unspecified atom stereocenters. The van der Waals surface area contributed by atoms with E-state index in [0.29, 0.717) is 43.7 Å². The summed E-state index contributed by atoms with van der Waals surface area (Å²) in [5, 5.41) is 8.62. The second-order valence-corrected chi connectivity index (χ2v) is 15.7. The lowest BCUT2D eigenvalue weighted by molar-refractivity contribution is -0.329. The Morgan fingerprint density at radius 2 is 1.47 bits per heavy atom. The van der Waals surface area contributed by atoms with Crippen LogP contribution in [-0.2, 0) is 46.2 Å². The number of alkyl carbamates (subject to hydrolysis) is 2. The first-order chi connectivity index (χ1) is 30.2. The predicted octanol–water partition coefficient (Wildman–Crippen LogP) is 7.08. The Morgan fingerprint density at radius 3 is 2.19 bits per heavy atom. The lowest BCUT2D eigenvalue weighted by Gasteiger charge is -2.47. The minimum atomic E-state index is -1.16. The second kappa shape index (κ2) is 21.6. The van der Waals surface area contributed by atoms with E-state index in [9.17, 15) is 19.2 Å². The van der Waals surface area contributed by atoms with Crippen LogP contribution in [-0.4, -0.2) is 80.8 Å². The zero-order valence-corrected chi connectivity index (χ0v) is 35.0. The molecule has 14 nitrogen and oxygen atoms in total. The Kier molecular flexibility index (Phi) is 15.3. The molecule has 0 radical (unpaired) electrons. The highest BCUT2D eigenvalue weighted by Crippen LogP contribution is 2.41. The molecule has 4 aromatic carbocycles. The number of fused-ring (bicyclic) bond motifs is 1.